The summed E-state index contributed by atoms with van der Waals surface area (Å²) in [4.78, 5) is 6.22. The summed E-state index contributed by atoms with van der Waals surface area (Å²) >= 11 is 7.18. The van der Waals surface area contributed by atoms with Crippen LogP contribution in [0.2, 0.25) is 0 Å². The number of rotatable bonds is 5. The molecule has 1 fully saturated rings. The van der Waals surface area contributed by atoms with Crippen LogP contribution in [0.25, 0.3) is 0 Å². The van der Waals surface area contributed by atoms with Gasteiger partial charge in [0.05, 0.1) is 6.04 Å². The largest absolute Gasteiger partial charge is 0.360 e. The molecule has 0 saturated carbocycles. The van der Waals surface area contributed by atoms with E-state index < -0.39 is 0 Å². The summed E-state index contributed by atoms with van der Waals surface area (Å²) in [7, 11) is 2.16. The van der Waals surface area contributed by atoms with E-state index >= 15 is 0 Å². The van der Waals surface area contributed by atoms with Gasteiger partial charge in [-0.1, -0.05) is 6.07 Å². The summed E-state index contributed by atoms with van der Waals surface area (Å²) in [6, 6.07) is 10.8. The molecule has 3 rings (SSSR count). The highest BCUT2D eigenvalue weighted by Gasteiger charge is 2.24. The quantitative estimate of drug-likeness (QED) is 0.781. The van der Waals surface area contributed by atoms with Gasteiger partial charge in [0, 0.05) is 43.3 Å². The first-order valence-corrected chi connectivity index (χ1v) is 9.67. The van der Waals surface area contributed by atoms with Crippen molar-refractivity contribution in [1.82, 2.24) is 15.1 Å². The second-order valence-electron chi connectivity index (χ2n) is 6.21. The average molecular weight is 379 g/mol. The molecule has 2 aromatic rings. The molecule has 0 bridgehead atoms. The maximum atomic E-state index is 13.0. The molecule has 2 N–H and O–H groups in total. The third-order valence-corrected chi connectivity index (χ3v) is 5.63. The Balaban J connectivity index is 1.58. The van der Waals surface area contributed by atoms with E-state index in [2.05, 4.69) is 45.0 Å². The minimum Gasteiger partial charge on any atom is -0.360 e. The standard InChI is InChI=1S/C18H23FN4S2/c1-22-8-10-23(11-9-22)16(17-3-2-12-25-17)13-20-18(24)21-15-6-4-14(19)5-7-15/h2-7,12,16H,8-11,13H2,1H3,(H2,20,21,24). The highest BCUT2D eigenvalue weighted by atomic mass is 32.1. The summed E-state index contributed by atoms with van der Waals surface area (Å²) in [6.45, 7) is 5.02. The molecule has 2 heterocycles. The van der Waals surface area contributed by atoms with E-state index in [-0.39, 0.29) is 5.82 Å². The molecule has 1 aliphatic rings. The number of thiophene rings is 1. The van der Waals surface area contributed by atoms with Crippen molar-refractivity contribution in [1.29, 1.82) is 0 Å². The van der Waals surface area contributed by atoms with Crippen LogP contribution >= 0.6 is 23.6 Å². The first kappa shape index (κ1) is 18.3. The van der Waals surface area contributed by atoms with Crippen LogP contribution < -0.4 is 10.6 Å². The van der Waals surface area contributed by atoms with E-state index in [0.29, 0.717) is 11.2 Å². The third kappa shape index (κ3) is 5.22. The van der Waals surface area contributed by atoms with E-state index in [1.54, 1.807) is 23.5 Å². The van der Waals surface area contributed by atoms with Crippen LogP contribution in [0.1, 0.15) is 10.9 Å². The summed E-state index contributed by atoms with van der Waals surface area (Å²) in [5, 5.41) is 9.11. The van der Waals surface area contributed by atoms with Crippen molar-refractivity contribution >= 4 is 34.4 Å². The van der Waals surface area contributed by atoms with Gasteiger partial charge in [0.2, 0.25) is 0 Å². The maximum absolute atomic E-state index is 13.0. The normalized spacial score (nSPS) is 17.2. The van der Waals surface area contributed by atoms with Gasteiger partial charge in [0.1, 0.15) is 5.82 Å². The fourth-order valence-corrected chi connectivity index (χ4v) is 3.98. The number of likely N-dealkylation sites (N-methyl/N-ethyl adjacent to an activating group) is 1. The van der Waals surface area contributed by atoms with Gasteiger partial charge in [-0.25, -0.2) is 4.39 Å². The Bertz CT molecular complexity index is 667. The lowest BCUT2D eigenvalue weighted by atomic mass is 10.1. The molecule has 0 spiro atoms. The molecular weight excluding hydrogens is 355 g/mol. The van der Waals surface area contributed by atoms with Gasteiger partial charge >= 0.3 is 0 Å². The van der Waals surface area contributed by atoms with Crippen molar-refractivity contribution in [3.8, 4) is 0 Å². The topological polar surface area (TPSA) is 30.5 Å². The zero-order valence-corrected chi connectivity index (χ0v) is 15.9. The van der Waals surface area contributed by atoms with Gasteiger partial charge in [0.25, 0.3) is 0 Å². The lowest BCUT2D eigenvalue weighted by molar-refractivity contribution is 0.114. The summed E-state index contributed by atoms with van der Waals surface area (Å²) in [6.07, 6.45) is 0. The number of piperazine rings is 1. The SMILES string of the molecule is CN1CCN(C(CNC(=S)Nc2ccc(F)cc2)c2cccs2)CC1. The van der Waals surface area contributed by atoms with Gasteiger partial charge in [-0.3, -0.25) is 4.90 Å². The first-order chi connectivity index (χ1) is 12.1. The number of hydrogen-bond acceptors (Lipinski definition) is 4. The fourth-order valence-electron chi connectivity index (χ4n) is 2.92. The molecule has 1 atom stereocenters. The smallest absolute Gasteiger partial charge is 0.170 e. The van der Waals surface area contributed by atoms with Crippen molar-refractivity contribution in [3.05, 3.63) is 52.5 Å². The van der Waals surface area contributed by atoms with Crippen molar-refractivity contribution in [3.63, 3.8) is 0 Å². The molecule has 7 heteroatoms. The minimum absolute atomic E-state index is 0.253. The molecule has 134 valence electrons. The van der Waals surface area contributed by atoms with E-state index in [1.165, 1.54) is 17.0 Å². The molecule has 1 aromatic carbocycles. The number of anilines is 1. The van der Waals surface area contributed by atoms with Gasteiger partial charge in [-0.05, 0) is 55.0 Å². The average Bonchev–Trinajstić information content (AvgIpc) is 3.13. The van der Waals surface area contributed by atoms with Crippen molar-refractivity contribution in [2.24, 2.45) is 0 Å². The van der Waals surface area contributed by atoms with Gasteiger partial charge in [0.15, 0.2) is 5.11 Å². The van der Waals surface area contributed by atoms with Gasteiger partial charge < -0.3 is 15.5 Å². The molecule has 1 unspecified atom stereocenters. The Morgan fingerprint density at radius 3 is 2.56 bits per heavy atom. The second-order valence-corrected chi connectivity index (χ2v) is 7.60. The Morgan fingerprint density at radius 2 is 1.92 bits per heavy atom. The molecule has 1 saturated heterocycles. The van der Waals surface area contributed by atoms with E-state index in [9.17, 15) is 4.39 Å². The molecule has 4 nitrogen and oxygen atoms in total. The molecule has 0 aliphatic carbocycles. The van der Waals surface area contributed by atoms with Gasteiger partial charge in [-0.15, -0.1) is 11.3 Å². The van der Waals surface area contributed by atoms with Crippen LogP contribution in [0, 0.1) is 5.82 Å². The number of hydrogen-bond donors (Lipinski definition) is 2. The lowest BCUT2D eigenvalue weighted by Gasteiger charge is -2.37. The summed E-state index contributed by atoms with van der Waals surface area (Å²) in [5.74, 6) is -0.253. The fraction of sp³-hybridized carbons (Fsp3) is 0.389. The molecule has 0 radical (unpaired) electrons. The van der Waals surface area contributed by atoms with Crippen molar-refractivity contribution in [2.75, 3.05) is 45.1 Å². The number of benzene rings is 1. The number of thiocarbonyl (C=S) groups is 1. The van der Waals surface area contributed by atoms with E-state index in [0.717, 1.165) is 38.4 Å². The van der Waals surface area contributed by atoms with Crippen LogP contribution in [-0.4, -0.2) is 54.7 Å². The first-order valence-electron chi connectivity index (χ1n) is 8.38. The van der Waals surface area contributed by atoms with E-state index in [4.69, 9.17) is 12.2 Å². The number of nitrogens with zero attached hydrogens (tertiary/aromatic N) is 2. The van der Waals surface area contributed by atoms with Crippen LogP contribution in [0.4, 0.5) is 10.1 Å². The third-order valence-electron chi connectivity index (χ3n) is 4.41. The van der Waals surface area contributed by atoms with Crippen LogP contribution in [0.15, 0.2) is 41.8 Å². The summed E-state index contributed by atoms with van der Waals surface area (Å²) < 4.78 is 13.0. The zero-order valence-electron chi connectivity index (χ0n) is 14.2. The zero-order chi connectivity index (χ0) is 17.6. The predicted octanol–water partition coefficient (Wildman–Crippen LogP) is 3.16. The Labute approximate surface area is 157 Å². The minimum atomic E-state index is -0.253. The van der Waals surface area contributed by atoms with E-state index in [1.807, 2.05) is 0 Å². The molecule has 25 heavy (non-hydrogen) atoms. The molecule has 0 amide bonds. The second kappa shape index (κ2) is 8.71. The maximum Gasteiger partial charge on any atom is 0.170 e. The molecule has 1 aliphatic heterocycles. The lowest BCUT2D eigenvalue weighted by Crippen LogP contribution is -2.48. The Hall–Kier alpha value is -1.54. The van der Waals surface area contributed by atoms with Crippen LogP contribution in [0.5, 0.6) is 0 Å². The monoisotopic (exact) mass is 378 g/mol. The Morgan fingerprint density at radius 1 is 1.20 bits per heavy atom. The number of nitrogens with one attached hydrogen (secondary N) is 2. The van der Waals surface area contributed by atoms with Crippen LogP contribution in [0.3, 0.4) is 0 Å². The Kier molecular flexibility index (Phi) is 6.36. The number of halogens is 1. The van der Waals surface area contributed by atoms with Crippen molar-refractivity contribution < 1.29 is 4.39 Å². The predicted molar refractivity (Wildman–Crippen MR) is 107 cm³/mol. The van der Waals surface area contributed by atoms with Crippen molar-refractivity contribution in [2.45, 2.75) is 6.04 Å². The highest BCUT2D eigenvalue weighted by molar-refractivity contribution is 7.80. The van der Waals surface area contributed by atoms with Crippen LogP contribution in [-0.2, 0) is 0 Å². The highest BCUT2D eigenvalue weighted by Crippen LogP contribution is 2.25. The molecular formula is C18H23FN4S2. The molecule has 1 aromatic heterocycles. The summed E-state index contributed by atoms with van der Waals surface area (Å²) in [5.41, 5.74) is 0.783. The van der Waals surface area contributed by atoms with Gasteiger partial charge in [-0.2, -0.15) is 0 Å².